The molecule has 0 saturated carbocycles. The van der Waals surface area contributed by atoms with E-state index in [-0.39, 0.29) is 11.3 Å². The van der Waals surface area contributed by atoms with E-state index >= 15 is 0 Å². The van der Waals surface area contributed by atoms with Gasteiger partial charge >= 0.3 is 5.97 Å². The maximum Gasteiger partial charge on any atom is 0.347 e. The summed E-state index contributed by atoms with van der Waals surface area (Å²) in [5.74, 6) is 1.07. The maximum atomic E-state index is 13.0. The minimum atomic E-state index is -0.505. The predicted octanol–water partition coefficient (Wildman–Crippen LogP) is 5.99. The van der Waals surface area contributed by atoms with Gasteiger partial charge in [-0.2, -0.15) is 0 Å². The first-order valence-electron chi connectivity index (χ1n) is 9.11. The third-order valence-corrected chi connectivity index (χ3v) is 5.92. The van der Waals surface area contributed by atoms with Crippen molar-refractivity contribution in [2.45, 2.75) is 55.4 Å². The molecule has 4 heteroatoms. The Morgan fingerprint density at radius 1 is 0.778 bits per heavy atom. The molecule has 1 aliphatic heterocycles. The summed E-state index contributed by atoms with van der Waals surface area (Å²) in [6, 6.07) is 0. The number of hydrogen-bond acceptors (Lipinski definition) is 4. The van der Waals surface area contributed by atoms with Crippen LogP contribution < -0.4 is 9.47 Å². The fraction of sp³-hybridized carbons (Fsp3) is 0.348. The van der Waals surface area contributed by atoms with Gasteiger partial charge in [-0.05, 0) is 88.8 Å². The van der Waals surface area contributed by atoms with Gasteiger partial charge in [0, 0.05) is 11.1 Å². The normalized spacial score (nSPS) is 13.5. The number of phenols is 1. The SMILES string of the molecule is C/C=C(\C)c1c(C)c(C)c(C)c2c1Oc1c(C)c(C)c(O)c(C)c1C(=O)O2. The lowest BCUT2D eigenvalue weighted by Gasteiger charge is -2.21. The number of rotatable bonds is 1. The highest BCUT2D eigenvalue weighted by atomic mass is 16.6. The van der Waals surface area contributed by atoms with E-state index in [1.807, 2.05) is 47.6 Å². The average Bonchev–Trinajstić information content (AvgIpc) is 2.79. The Morgan fingerprint density at radius 2 is 1.37 bits per heavy atom. The van der Waals surface area contributed by atoms with Gasteiger partial charge in [0.2, 0.25) is 0 Å². The van der Waals surface area contributed by atoms with Gasteiger partial charge in [-0.1, -0.05) is 6.08 Å². The first-order chi connectivity index (χ1) is 12.6. The van der Waals surface area contributed by atoms with Crippen molar-refractivity contribution in [1.29, 1.82) is 0 Å². The minimum absolute atomic E-state index is 0.103. The van der Waals surface area contributed by atoms with Crippen molar-refractivity contribution < 1.29 is 19.4 Å². The first kappa shape index (κ1) is 19.0. The Bertz CT molecular complexity index is 1030. The monoisotopic (exact) mass is 366 g/mol. The quantitative estimate of drug-likeness (QED) is 0.497. The second-order valence-electron chi connectivity index (χ2n) is 7.30. The van der Waals surface area contributed by atoms with Crippen molar-refractivity contribution >= 4 is 11.5 Å². The topological polar surface area (TPSA) is 55.8 Å². The predicted molar refractivity (Wildman–Crippen MR) is 107 cm³/mol. The Morgan fingerprint density at radius 3 is 1.96 bits per heavy atom. The third kappa shape index (κ3) is 2.62. The van der Waals surface area contributed by atoms with Crippen molar-refractivity contribution in [2.75, 3.05) is 0 Å². The second kappa shape index (κ2) is 6.45. The molecule has 27 heavy (non-hydrogen) atoms. The van der Waals surface area contributed by atoms with E-state index in [0.29, 0.717) is 28.4 Å². The van der Waals surface area contributed by atoms with Gasteiger partial charge < -0.3 is 14.6 Å². The van der Waals surface area contributed by atoms with Crippen LogP contribution in [0.4, 0.5) is 0 Å². The highest BCUT2D eigenvalue weighted by Crippen LogP contribution is 2.50. The number of aromatic hydroxyl groups is 1. The molecular weight excluding hydrogens is 340 g/mol. The van der Waals surface area contributed by atoms with Gasteiger partial charge in [0.25, 0.3) is 0 Å². The number of esters is 1. The third-order valence-electron chi connectivity index (χ3n) is 5.92. The van der Waals surface area contributed by atoms with Crippen LogP contribution in [0.25, 0.3) is 5.57 Å². The molecule has 0 fully saturated rings. The standard InChI is InChI=1S/C23H26O4/c1-9-10(2)17-12(4)11(3)14(6)21-22(17)26-20-15(7)13(5)19(24)16(8)18(20)23(25)27-21/h9,24H,1-8H3/b10-9+. The molecule has 0 saturated heterocycles. The van der Waals surface area contributed by atoms with Gasteiger partial charge in [0.1, 0.15) is 17.1 Å². The van der Waals surface area contributed by atoms with E-state index in [9.17, 15) is 9.90 Å². The van der Waals surface area contributed by atoms with E-state index < -0.39 is 5.97 Å². The van der Waals surface area contributed by atoms with Gasteiger partial charge in [-0.15, -0.1) is 0 Å². The summed E-state index contributed by atoms with van der Waals surface area (Å²) in [5.41, 5.74) is 7.24. The summed E-state index contributed by atoms with van der Waals surface area (Å²) in [5, 5.41) is 10.4. The molecule has 0 atom stereocenters. The molecule has 3 rings (SSSR count). The van der Waals surface area contributed by atoms with Crippen LogP contribution >= 0.6 is 0 Å². The second-order valence-corrected chi connectivity index (χ2v) is 7.30. The molecule has 142 valence electrons. The van der Waals surface area contributed by atoms with Crippen molar-refractivity contribution in [3.05, 3.63) is 50.6 Å². The van der Waals surface area contributed by atoms with Crippen molar-refractivity contribution in [3.63, 3.8) is 0 Å². The lowest BCUT2D eigenvalue weighted by atomic mass is 9.92. The number of carbonyl (C=O) groups excluding carboxylic acids is 1. The zero-order chi connectivity index (χ0) is 20.2. The molecular formula is C23H26O4. The van der Waals surface area contributed by atoms with E-state index in [1.54, 1.807) is 6.92 Å². The largest absolute Gasteiger partial charge is 0.507 e. The van der Waals surface area contributed by atoms with Crippen molar-refractivity contribution in [3.8, 4) is 23.0 Å². The molecule has 1 aliphatic rings. The zero-order valence-electron chi connectivity index (χ0n) is 17.2. The van der Waals surface area contributed by atoms with Gasteiger partial charge in [-0.3, -0.25) is 0 Å². The van der Waals surface area contributed by atoms with E-state index in [4.69, 9.17) is 9.47 Å². The fourth-order valence-corrected chi connectivity index (χ4v) is 3.66. The molecule has 0 amide bonds. The summed E-state index contributed by atoms with van der Waals surface area (Å²) in [4.78, 5) is 13.0. The molecule has 4 nitrogen and oxygen atoms in total. The number of hydrogen-bond donors (Lipinski definition) is 1. The maximum absolute atomic E-state index is 13.0. The molecule has 0 bridgehead atoms. The molecule has 2 aromatic carbocycles. The van der Waals surface area contributed by atoms with Crippen LogP contribution in [0.3, 0.4) is 0 Å². The highest BCUT2D eigenvalue weighted by Gasteiger charge is 2.33. The molecule has 0 radical (unpaired) electrons. The Kier molecular flexibility index (Phi) is 4.54. The molecule has 2 aromatic rings. The van der Waals surface area contributed by atoms with Crippen LogP contribution in [0.1, 0.15) is 63.1 Å². The van der Waals surface area contributed by atoms with E-state index in [0.717, 1.165) is 33.4 Å². The molecule has 0 aliphatic carbocycles. The number of ether oxygens (including phenoxy) is 2. The number of fused-ring (bicyclic) bond motifs is 2. The number of allylic oxidation sites excluding steroid dienone is 2. The van der Waals surface area contributed by atoms with Crippen LogP contribution in [-0.2, 0) is 0 Å². The molecule has 0 spiro atoms. The fourth-order valence-electron chi connectivity index (χ4n) is 3.66. The van der Waals surface area contributed by atoms with Gasteiger partial charge in [0.15, 0.2) is 11.5 Å². The molecule has 0 aromatic heterocycles. The highest BCUT2D eigenvalue weighted by molar-refractivity contribution is 5.99. The van der Waals surface area contributed by atoms with E-state index in [1.165, 1.54) is 0 Å². The van der Waals surface area contributed by atoms with E-state index in [2.05, 4.69) is 6.92 Å². The molecule has 1 heterocycles. The summed E-state index contributed by atoms with van der Waals surface area (Å²) in [6.07, 6.45) is 2.02. The Labute approximate surface area is 160 Å². The van der Waals surface area contributed by atoms with Gasteiger partial charge in [0.05, 0.1) is 0 Å². The lowest BCUT2D eigenvalue weighted by Crippen LogP contribution is -2.11. The van der Waals surface area contributed by atoms with Gasteiger partial charge in [-0.25, -0.2) is 4.79 Å². The number of benzene rings is 2. The smallest absolute Gasteiger partial charge is 0.347 e. The number of phenolic OH excluding ortho intramolecular Hbond substituents is 1. The van der Waals surface area contributed by atoms with Crippen LogP contribution in [0, 0.1) is 41.5 Å². The average molecular weight is 366 g/mol. The molecule has 0 unspecified atom stereocenters. The van der Waals surface area contributed by atoms with Crippen LogP contribution in [0.2, 0.25) is 0 Å². The lowest BCUT2D eigenvalue weighted by molar-refractivity contribution is 0.0735. The van der Waals surface area contributed by atoms with Crippen LogP contribution in [0.15, 0.2) is 6.08 Å². The Hall–Kier alpha value is -2.75. The summed E-state index contributed by atoms with van der Waals surface area (Å²) in [7, 11) is 0. The van der Waals surface area contributed by atoms with Crippen LogP contribution in [0.5, 0.6) is 23.0 Å². The van der Waals surface area contributed by atoms with Crippen LogP contribution in [-0.4, -0.2) is 11.1 Å². The Balaban J connectivity index is 2.45. The zero-order valence-corrected chi connectivity index (χ0v) is 17.2. The summed E-state index contributed by atoms with van der Waals surface area (Å²) < 4.78 is 12.2. The van der Waals surface area contributed by atoms with Crippen molar-refractivity contribution in [2.24, 2.45) is 0 Å². The number of carbonyl (C=O) groups is 1. The minimum Gasteiger partial charge on any atom is -0.507 e. The first-order valence-corrected chi connectivity index (χ1v) is 9.11. The summed E-state index contributed by atoms with van der Waals surface area (Å²) >= 11 is 0. The molecule has 1 N–H and O–H groups in total. The van der Waals surface area contributed by atoms with Crippen molar-refractivity contribution in [1.82, 2.24) is 0 Å². The summed E-state index contributed by atoms with van der Waals surface area (Å²) in [6.45, 7) is 15.4.